The minimum absolute atomic E-state index is 0.732. The average molecular weight is 289 g/mol. The molecule has 15 heavy (non-hydrogen) atoms. The normalized spacial score (nSPS) is 12.7. The summed E-state index contributed by atoms with van der Waals surface area (Å²) in [5.41, 5.74) is 1.09. The monoisotopic (exact) mass is 288 g/mol. The van der Waals surface area contributed by atoms with Crippen LogP contribution >= 0.6 is 27.7 Å². The summed E-state index contributed by atoms with van der Waals surface area (Å²) < 4.78 is 1.03. The summed E-state index contributed by atoms with van der Waals surface area (Å²) in [6.45, 7) is 4.17. The number of nitrogens with one attached hydrogen (secondary N) is 1. The third-order valence-electron chi connectivity index (χ3n) is 2.22. The largest absolute Gasteiger partial charge is 0.311 e. The fourth-order valence-corrected chi connectivity index (χ4v) is 1.74. The average Bonchev–Trinajstić information content (AvgIpc) is 2.26. The van der Waals surface area contributed by atoms with Gasteiger partial charge >= 0.3 is 0 Å². The van der Waals surface area contributed by atoms with Crippen LogP contribution in [0, 0.1) is 0 Å². The molecule has 1 atom stereocenters. The van der Waals surface area contributed by atoms with Crippen molar-refractivity contribution < 1.29 is 0 Å². The summed E-state index contributed by atoms with van der Waals surface area (Å²) in [7, 11) is 0. The van der Waals surface area contributed by atoms with E-state index in [0.717, 1.165) is 28.5 Å². The number of aromatic nitrogens is 1. The van der Waals surface area contributed by atoms with Crippen LogP contribution in [0.25, 0.3) is 0 Å². The van der Waals surface area contributed by atoms with Gasteiger partial charge in [-0.05, 0) is 47.3 Å². The number of halogens is 1. The number of hydrogen-bond donors (Lipinski definition) is 1. The molecule has 4 heteroatoms. The van der Waals surface area contributed by atoms with Crippen LogP contribution in [0.5, 0.6) is 0 Å². The summed E-state index contributed by atoms with van der Waals surface area (Å²) in [6, 6.07) is 4.06. The molecule has 0 aliphatic rings. The SMILES string of the molecule is CSC(C)CCNCc1ccc(Br)cn1. The van der Waals surface area contributed by atoms with Gasteiger partial charge in [0.15, 0.2) is 0 Å². The van der Waals surface area contributed by atoms with Gasteiger partial charge in [0.1, 0.15) is 0 Å². The van der Waals surface area contributed by atoms with E-state index in [1.165, 1.54) is 6.42 Å². The first-order chi connectivity index (χ1) is 7.22. The Morgan fingerprint density at radius 2 is 2.33 bits per heavy atom. The van der Waals surface area contributed by atoms with E-state index in [2.05, 4.69) is 39.4 Å². The van der Waals surface area contributed by atoms with Gasteiger partial charge in [0.25, 0.3) is 0 Å². The molecule has 2 nitrogen and oxygen atoms in total. The highest BCUT2D eigenvalue weighted by atomic mass is 79.9. The number of hydrogen-bond acceptors (Lipinski definition) is 3. The lowest BCUT2D eigenvalue weighted by atomic mass is 10.3. The molecule has 0 aromatic carbocycles. The molecule has 0 amide bonds. The van der Waals surface area contributed by atoms with Crippen LogP contribution in [0.1, 0.15) is 19.0 Å². The Balaban J connectivity index is 2.17. The van der Waals surface area contributed by atoms with E-state index in [4.69, 9.17) is 0 Å². The van der Waals surface area contributed by atoms with Gasteiger partial charge in [0, 0.05) is 22.5 Å². The summed E-state index contributed by atoms with van der Waals surface area (Å²) in [5, 5.41) is 4.13. The van der Waals surface area contributed by atoms with Crippen LogP contribution in [0.4, 0.5) is 0 Å². The van der Waals surface area contributed by atoms with Gasteiger partial charge in [-0.2, -0.15) is 11.8 Å². The topological polar surface area (TPSA) is 24.9 Å². The first-order valence-corrected chi connectivity index (χ1v) is 7.14. The van der Waals surface area contributed by atoms with E-state index in [1.54, 1.807) is 0 Å². The van der Waals surface area contributed by atoms with E-state index in [1.807, 2.05) is 30.1 Å². The summed E-state index contributed by atoms with van der Waals surface area (Å²) in [6.07, 6.45) is 5.19. The molecule has 1 heterocycles. The van der Waals surface area contributed by atoms with Crippen molar-refractivity contribution in [2.45, 2.75) is 25.1 Å². The molecule has 1 aromatic heterocycles. The van der Waals surface area contributed by atoms with E-state index in [9.17, 15) is 0 Å². The predicted octanol–water partition coefficient (Wildman–Crippen LogP) is 3.08. The molecule has 1 N–H and O–H groups in total. The first kappa shape index (κ1) is 13.0. The zero-order valence-electron chi connectivity index (χ0n) is 9.16. The van der Waals surface area contributed by atoms with Crippen molar-refractivity contribution >= 4 is 27.7 Å². The Bertz CT molecular complexity index is 276. The third-order valence-corrected chi connectivity index (χ3v) is 3.73. The van der Waals surface area contributed by atoms with Gasteiger partial charge in [-0.3, -0.25) is 4.98 Å². The van der Waals surface area contributed by atoms with Crippen molar-refractivity contribution in [1.29, 1.82) is 0 Å². The molecule has 0 spiro atoms. The highest BCUT2D eigenvalue weighted by Crippen LogP contribution is 2.09. The second kappa shape index (κ2) is 7.25. The van der Waals surface area contributed by atoms with Gasteiger partial charge in [0.05, 0.1) is 5.69 Å². The fraction of sp³-hybridized carbons (Fsp3) is 0.545. The van der Waals surface area contributed by atoms with Gasteiger partial charge in [-0.1, -0.05) is 6.92 Å². The van der Waals surface area contributed by atoms with Crippen LogP contribution in [-0.4, -0.2) is 23.0 Å². The highest BCUT2D eigenvalue weighted by Gasteiger charge is 1.98. The molecule has 0 saturated heterocycles. The van der Waals surface area contributed by atoms with Crippen LogP contribution < -0.4 is 5.32 Å². The molecule has 84 valence electrons. The number of thioether (sulfide) groups is 1. The molecule has 0 aliphatic heterocycles. The van der Waals surface area contributed by atoms with Crippen LogP contribution in [0.2, 0.25) is 0 Å². The molecule has 1 unspecified atom stereocenters. The van der Waals surface area contributed by atoms with Crippen molar-refractivity contribution in [2.75, 3.05) is 12.8 Å². The van der Waals surface area contributed by atoms with Gasteiger partial charge in [0.2, 0.25) is 0 Å². The molecule has 0 saturated carbocycles. The highest BCUT2D eigenvalue weighted by molar-refractivity contribution is 9.10. The van der Waals surface area contributed by atoms with Crippen molar-refractivity contribution in [1.82, 2.24) is 10.3 Å². The quantitative estimate of drug-likeness (QED) is 0.815. The lowest BCUT2D eigenvalue weighted by molar-refractivity contribution is 0.639. The molecular formula is C11H17BrN2S. The summed E-state index contributed by atoms with van der Waals surface area (Å²) >= 11 is 5.28. The second-order valence-corrected chi connectivity index (χ2v) is 5.67. The minimum Gasteiger partial charge on any atom is -0.311 e. The van der Waals surface area contributed by atoms with Crippen LogP contribution in [0.3, 0.4) is 0 Å². The predicted molar refractivity (Wildman–Crippen MR) is 71.2 cm³/mol. The third kappa shape index (κ3) is 5.54. The van der Waals surface area contributed by atoms with E-state index < -0.39 is 0 Å². The molecule has 1 rings (SSSR count). The Labute approximate surface area is 104 Å². The Kier molecular flexibility index (Phi) is 6.29. The van der Waals surface area contributed by atoms with E-state index >= 15 is 0 Å². The van der Waals surface area contributed by atoms with E-state index in [0.29, 0.717) is 0 Å². The molecule has 0 fully saturated rings. The molecular weight excluding hydrogens is 272 g/mol. The van der Waals surface area contributed by atoms with Gasteiger partial charge in [-0.25, -0.2) is 0 Å². The standard InChI is InChI=1S/C11H17BrN2S/c1-9(15-2)5-6-13-8-11-4-3-10(12)7-14-11/h3-4,7,9,13H,5-6,8H2,1-2H3. The Morgan fingerprint density at radius 1 is 1.53 bits per heavy atom. The number of pyridine rings is 1. The van der Waals surface area contributed by atoms with Crippen LogP contribution in [-0.2, 0) is 6.54 Å². The molecule has 1 aromatic rings. The molecule has 0 radical (unpaired) electrons. The maximum atomic E-state index is 4.30. The lowest BCUT2D eigenvalue weighted by Gasteiger charge is -2.08. The zero-order valence-corrected chi connectivity index (χ0v) is 11.6. The Morgan fingerprint density at radius 3 is 2.93 bits per heavy atom. The van der Waals surface area contributed by atoms with Crippen molar-refractivity contribution in [3.63, 3.8) is 0 Å². The molecule has 0 aliphatic carbocycles. The smallest absolute Gasteiger partial charge is 0.0542 e. The van der Waals surface area contributed by atoms with Gasteiger partial charge < -0.3 is 5.32 Å². The number of rotatable bonds is 6. The minimum atomic E-state index is 0.732. The summed E-state index contributed by atoms with van der Waals surface area (Å²) in [4.78, 5) is 4.30. The van der Waals surface area contributed by atoms with E-state index in [-0.39, 0.29) is 0 Å². The first-order valence-electron chi connectivity index (χ1n) is 5.06. The van der Waals surface area contributed by atoms with Gasteiger partial charge in [-0.15, -0.1) is 0 Å². The Hall–Kier alpha value is -0.0600. The molecule has 0 bridgehead atoms. The lowest BCUT2D eigenvalue weighted by Crippen LogP contribution is -2.18. The maximum Gasteiger partial charge on any atom is 0.0542 e. The zero-order chi connectivity index (χ0) is 11.1. The van der Waals surface area contributed by atoms with Crippen LogP contribution in [0.15, 0.2) is 22.8 Å². The number of nitrogens with zero attached hydrogens (tertiary/aromatic N) is 1. The van der Waals surface area contributed by atoms with Crippen molar-refractivity contribution in [2.24, 2.45) is 0 Å². The van der Waals surface area contributed by atoms with Crippen molar-refractivity contribution in [3.05, 3.63) is 28.5 Å². The van der Waals surface area contributed by atoms with Crippen molar-refractivity contribution in [3.8, 4) is 0 Å². The maximum absolute atomic E-state index is 4.30. The fourth-order valence-electron chi connectivity index (χ4n) is 1.15. The second-order valence-electron chi connectivity index (χ2n) is 3.48. The summed E-state index contributed by atoms with van der Waals surface area (Å²) in [5.74, 6) is 0.